The zero-order valence-electron chi connectivity index (χ0n) is 11.0. The molecule has 0 spiro atoms. The molecule has 1 saturated heterocycles. The minimum atomic E-state index is -0.117. The lowest BCUT2D eigenvalue weighted by Gasteiger charge is -2.36. The monoisotopic (exact) mass is 282 g/mol. The van der Waals surface area contributed by atoms with Gasteiger partial charge in [-0.25, -0.2) is 0 Å². The Labute approximate surface area is 118 Å². The number of nitrogens with zero attached hydrogens (tertiary/aromatic N) is 1. The number of phenols is 1. The zero-order valence-corrected chi connectivity index (χ0v) is 11.8. The van der Waals surface area contributed by atoms with E-state index in [-0.39, 0.29) is 17.7 Å². The van der Waals surface area contributed by atoms with Crippen LogP contribution in [0.25, 0.3) is 0 Å². The number of carbonyl (C=O) groups excluding carboxylic acids is 1. The van der Waals surface area contributed by atoms with Gasteiger partial charge in [0, 0.05) is 24.2 Å². The van der Waals surface area contributed by atoms with Crippen molar-refractivity contribution in [3.8, 4) is 5.75 Å². The number of halogens is 1. The summed E-state index contributed by atoms with van der Waals surface area (Å²) in [7, 11) is 1.89. The third kappa shape index (κ3) is 3.19. The van der Waals surface area contributed by atoms with Gasteiger partial charge in [-0.3, -0.25) is 4.79 Å². The van der Waals surface area contributed by atoms with Crippen molar-refractivity contribution in [2.24, 2.45) is 0 Å². The van der Waals surface area contributed by atoms with Crippen molar-refractivity contribution < 1.29 is 9.90 Å². The van der Waals surface area contributed by atoms with E-state index in [1.54, 1.807) is 12.1 Å². The quantitative estimate of drug-likeness (QED) is 0.894. The van der Waals surface area contributed by atoms with Crippen LogP contribution in [0.4, 0.5) is 0 Å². The minimum absolute atomic E-state index is 0.0497. The van der Waals surface area contributed by atoms with Gasteiger partial charge in [0.05, 0.1) is 5.56 Å². The van der Waals surface area contributed by atoms with Gasteiger partial charge in [0.2, 0.25) is 0 Å². The average molecular weight is 283 g/mol. The molecule has 0 aromatic heterocycles. The lowest BCUT2D eigenvalue weighted by Crippen LogP contribution is -2.48. The summed E-state index contributed by atoms with van der Waals surface area (Å²) in [6, 6.07) is 4.82. The highest BCUT2D eigenvalue weighted by atomic mass is 35.5. The molecular formula is C14H19ClN2O2. The fourth-order valence-electron chi connectivity index (χ4n) is 2.56. The van der Waals surface area contributed by atoms with Crippen LogP contribution in [0.5, 0.6) is 5.75 Å². The van der Waals surface area contributed by atoms with E-state index in [0.29, 0.717) is 10.6 Å². The molecule has 1 aromatic rings. The number of carbonyl (C=O) groups is 1. The molecule has 1 aliphatic rings. The Morgan fingerprint density at radius 3 is 3.00 bits per heavy atom. The number of likely N-dealkylation sites (N-methyl/N-ethyl adjacent to an activating group) is 1. The summed E-state index contributed by atoms with van der Waals surface area (Å²) in [4.78, 5) is 14.4. The number of hydrogen-bond donors (Lipinski definition) is 2. The molecule has 1 aromatic carbocycles. The Morgan fingerprint density at radius 2 is 2.32 bits per heavy atom. The van der Waals surface area contributed by atoms with Crippen LogP contribution >= 0.6 is 11.6 Å². The minimum Gasteiger partial charge on any atom is -0.507 e. The second-order valence-electron chi connectivity index (χ2n) is 4.87. The van der Waals surface area contributed by atoms with E-state index < -0.39 is 0 Å². The molecule has 1 heterocycles. The summed E-state index contributed by atoms with van der Waals surface area (Å²) in [5.74, 6) is -0.166. The number of hydrogen-bond acceptors (Lipinski definition) is 3. The molecule has 1 unspecified atom stereocenters. The number of amides is 1. The second-order valence-corrected chi connectivity index (χ2v) is 5.30. The van der Waals surface area contributed by atoms with Gasteiger partial charge in [-0.2, -0.15) is 0 Å². The molecule has 2 N–H and O–H groups in total. The molecule has 0 aliphatic carbocycles. The number of nitrogens with one attached hydrogen (secondary N) is 1. The summed E-state index contributed by atoms with van der Waals surface area (Å²) in [5, 5.41) is 13.4. The molecule has 1 amide bonds. The van der Waals surface area contributed by atoms with E-state index in [1.807, 2.05) is 11.9 Å². The van der Waals surface area contributed by atoms with Gasteiger partial charge in [0.15, 0.2) is 0 Å². The zero-order chi connectivity index (χ0) is 13.8. The van der Waals surface area contributed by atoms with Crippen LogP contribution in [-0.2, 0) is 0 Å². The molecule has 1 aliphatic heterocycles. The van der Waals surface area contributed by atoms with Gasteiger partial charge in [-0.15, -0.1) is 0 Å². The van der Waals surface area contributed by atoms with E-state index in [4.69, 9.17) is 11.6 Å². The standard InChI is InChI=1S/C14H19ClN2O2/c1-16-9-11-4-2-3-7-17(11)14(19)12-6-5-10(15)8-13(12)18/h5-6,8,11,16,18H,2-4,7,9H2,1H3. The highest BCUT2D eigenvalue weighted by Gasteiger charge is 2.28. The van der Waals surface area contributed by atoms with Gasteiger partial charge in [0.1, 0.15) is 5.75 Å². The van der Waals surface area contributed by atoms with Gasteiger partial charge >= 0.3 is 0 Å². The predicted molar refractivity (Wildman–Crippen MR) is 75.7 cm³/mol. The number of rotatable bonds is 3. The molecule has 0 bridgehead atoms. The van der Waals surface area contributed by atoms with Crippen LogP contribution in [0, 0.1) is 0 Å². The molecular weight excluding hydrogens is 264 g/mol. The van der Waals surface area contributed by atoms with Crippen LogP contribution in [0.2, 0.25) is 5.02 Å². The highest BCUT2D eigenvalue weighted by molar-refractivity contribution is 6.30. The summed E-state index contributed by atoms with van der Waals surface area (Å²) in [5.41, 5.74) is 0.326. The maximum absolute atomic E-state index is 12.5. The van der Waals surface area contributed by atoms with E-state index in [9.17, 15) is 9.90 Å². The largest absolute Gasteiger partial charge is 0.507 e. The summed E-state index contributed by atoms with van der Waals surface area (Å²) >= 11 is 5.79. The van der Waals surface area contributed by atoms with Gasteiger partial charge in [-0.05, 0) is 44.5 Å². The predicted octanol–water partition coefficient (Wildman–Crippen LogP) is 2.26. The van der Waals surface area contributed by atoms with Crippen molar-refractivity contribution in [2.75, 3.05) is 20.1 Å². The van der Waals surface area contributed by atoms with E-state index in [1.165, 1.54) is 6.07 Å². The fraction of sp³-hybridized carbons (Fsp3) is 0.500. The molecule has 19 heavy (non-hydrogen) atoms. The Balaban J connectivity index is 2.21. The molecule has 4 nitrogen and oxygen atoms in total. The number of piperidine rings is 1. The summed E-state index contributed by atoms with van der Waals surface area (Å²) < 4.78 is 0. The van der Waals surface area contributed by atoms with Crippen LogP contribution in [-0.4, -0.2) is 42.1 Å². The SMILES string of the molecule is CNCC1CCCCN1C(=O)c1ccc(Cl)cc1O. The number of likely N-dealkylation sites (tertiary alicyclic amines) is 1. The first-order chi connectivity index (χ1) is 9.13. The number of benzene rings is 1. The van der Waals surface area contributed by atoms with Crippen LogP contribution in [0.15, 0.2) is 18.2 Å². The third-order valence-corrected chi connectivity index (χ3v) is 3.75. The van der Waals surface area contributed by atoms with Crippen molar-refractivity contribution in [2.45, 2.75) is 25.3 Å². The first kappa shape index (κ1) is 14.2. The van der Waals surface area contributed by atoms with E-state index in [0.717, 1.165) is 32.4 Å². The van der Waals surface area contributed by atoms with Crippen LogP contribution in [0.3, 0.4) is 0 Å². The topological polar surface area (TPSA) is 52.6 Å². The smallest absolute Gasteiger partial charge is 0.257 e. The van der Waals surface area contributed by atoms with Crippen molar-refractivity contribution in [3.63, 3.8) is 0 Å². The van der Waals surface area contributed by atoms with Crippen molar-refractivity contribution in [1.82, 2.24) is 10.2 Å². The van der Waals surface area contributed by atoms with E-state index in [2.05, 4.69) is 5.32 Å². The maximum Gasteiger partial charge on any atom is 0.257 e. The van der Waals surface area contributed by atoms with Crippen molar-refractivity contribution in [1.29, 1.82) is 0 Å². The van der Waals surface area contributed by atoms with Gasteiger partial charge in [-0.1, -0.05) is 11.6 Å². The van der Waals surface area contributed by atoms with Crippen LogP contribution in [0.1, 0.15) is 29.6 Å². The van der Waals surface area contributed by atoms with E-state index >= 15 is 0 Å². The summed E-state index contributed by atoms with van der Waals surface area (Å²) in [6.07, 6.45) is 3.16. The number of phenolic OH excluding ortho intramolecular Hbond substituents is 1. The Hall–Kier alpha value is -1.26. The second kappa shape index (κ2) is 6.26. The molecule has 5 heteroatoms. The number of aromatic hydroxyl groups is 1. The molecule has 104 valence electrons. The normalized spacial score (nSPS) is 19.5. The third-order valence-electron chi connectivity index (χ3n) is 3.52. The van der Waals surface area contributed by atoms with Crippen molar-refractivity contribution >= 4 is 17.5 Å². The molecule has 2 rings (SSSR count). The van der Waals surface area contributed by atoms with Crippen LogP contribution < -0.4 is 5.32 Å². The highest BCUT2D eigenvalue weighted by Crippen LogP contribution is 2.26. The molecule has 0 saturated carbocycles. The molecule has 0 radical (unpaired) electrons. The Kier molecular flexibility index (Phi) is 4.66. The van der Waals surface area contributed by atoms with Crippen molar-refractivity contribution in [3.05, 3.63) is 28.8 Å². The van der Waals surface area contributed by atoms with Gasteiger partial charge in [0.25, 0.3) is 5.91 Å². The Bertz CT molecular complexity index is 463. The molecule has 1 fully saturated rings. The average Bonchev–Trinajstić information content (AvgIpc) is 2.39. The Morgan fingerprint density at radius 1 is 1.53 bits per heavy atom. The molecule has 1 atom stereocenters. The first-order valence-electron chi connectivity index (χ1n) is 6.57. The lowest BCUT2D eigenvalue weighted by atomic mass is 10.0. The maximum atomic E-state index is 12.5. The fourth-order valence-corrected chi connectivity index (χ4v) is 2.72. The summed E-state index contributed by atoms with van der Waals surface area (Å²) in [6.45, 7) is 1.52. The lowest BCUT2D eigenvalue weighted by molar-refractivity contribution is 0.0612. The van der Waals surface area contributed by atoms with Gasteiger partial charge < -0.3 is 15.3 Å². The first-order valence-corrected chi connectivity index (χ1v) is 6.95.